The van der Waals surface area contributed by atoms with Gasteiger partial charge in [-0.1, -0.05) is 6.92 Å². The van der Waals surface area contributed by atoms with Crippen LogP contribution in [0.15, 0.2) is 36.5 Å². The fourth-order valence-electron chi connectivity index (χ4n) is 3.07. The Morgan fingerprint density at radius 3 is 2.62 bits per heavy atom. The molecule has 0 radical (unpaired) electrons. The highest BCUT2D eigenvalue weighted by molar-refractivity contribution is 5.95. The van der Waals surface area contributed by atoms with Crippen LogP contribution in [0.3, 0.4) is 0 Å². The molecule has 1 aliphatic heterocycles. The van der Waals surface area contributed by atoms with Gasteiger partial charge >= 0.3 is 0 Å². The molecule has 1 fully saturated rings. The molecular formula is C20H25N3O3. The van der Waals surface area contributed by atoms with E-state index in [2.05, 4.69) is 17.2 Å². The van der Waals surface area contributed by atoms with Gasteiger partial charge in [-0.3, -0.25) is 4.79 Å². The van der Waals surface area contributed by atoms with E-state index in [1.807, 2.05) is 17.0 Å². The topological polar surface area (TPSA) is 63.7 Å². The lowest BCUT2D eigenvalue weighted by atomic mass is 9.99. The Balaban J connectivity index is 1.76. The summed E-state index contributed by atoms with van der Waals surface area (Å²) in [5, 5.41) is 3.22. The number of nitrogens with one attached hydrogen (secondary N) is 1. The lowest BCUT2D eigenvalue weighted by Gasteiger charge is -2.30. The molecule has 0 atom stereocenters. The molecule has 0 bridgehead atoms. The highest BCUT2D eigenvalue weighted by Gasteiger charge is 2.21. The number of rotatable bonds is 5. The average Bonchev–Trinajstić information content (AvgIpc) is 2.68. The Labute approximate surface area is 154 Å². The zero-order chi connectivity index (χ0) is 18.5. The third kappa shape index (κ3) is 4.07. The van der Waals surface area contributed by atoms with Gasteiger partial charge in [0.1, 0.15) is 17.3 Å². The molecule has 1 aromatic heterocycles. The number of anilines is 2. The maximum atomic E-state index is 12.7. The number of carbonyl (C=O) groups is 1. The van der Waals surface area contributed by atoms with Crippen molar-refractivity contribution in [2.45, 2.75) is 19.8 Å². The van der Waals surface area contributed by atoms with Crippen LogP contribution in [-0.4, -0.2) is 43.1 Å². The molecule has 3 rings (SSSR count). The van der Waals surface area contributed by atoms with Gasteiger partial charge in [0.25, 0.3) is 5.91 Å². The van der Waals surface area contributed by atoms with Crippen LogP contribution in [0.5, 0.6) is 11.5 Å². The zero-order valence-electron chi connectivity index (χ0n) is 15.5. The Morgan fingerprint density at radius 1 is 1.15 bits per heavy atom. The van der Waals surface area contributed by atoms with Crippen LogP contribution in [0.4, 0.5) is 11.5 Å². The molecule has 138 valence electrons. The van der Waals surface area contributed by atoms with Crippen LogP contribution < -0.4 is 14.8 Å². The molecule has 6 nitrogen and oxygen atoms in total. The second kappa shape index (κ2) is 8.08. The quantitative estimate of drug-likeness (QED) is 0.886. The largest absolute Gasteiger partial charge is 0.497 e. The van der Waals surface area contributed by atoms with Gasteiger partial charge in [0.2, 0.25) is 0 Å². The minimum atomic E-state index is 0.0593. The number of amides is 1. The summed E-state index contributed by atoms with van der Waals surface area (Å²) in [5.74, 6) is 2.71. The van der Waals surface area contributed by atoms with E-state index in [-0.39, 0.29) is 5.91 Å². The van der Waals surface area contributed by atoms with E-state index in [4.69, 9.17) is 9.47 Å². The Morgan fingerprint density at radius 2 is 1.92 bits per heavy atom. The maximum absolute atomic E-state index is 12.7. The SMILES string of the molecule is COc1ccc(Nc2cc(C(=O)N3CCC(C)CC3)ccn2)c(OC)c1. The molecular weight excluding hydrogens is 330 g/mol. The molecule has 1 amide bonds. The lowest BCUT2D eigenvalue weighted by Crippen LogP contribution is -2.37. The standard InChI is InChI=1S/C20H25N3O3/c1-14-7-10-23(11-8-14)20(24)15-6-9-21-19(12-15)22-17-5-4-16(25-2)13-18(17)26-3/h4-6,9,12-14H,7-8,10-11H2,1-3H3,(H,21,22). The smallest absolute Gasteiger partial charge is 0.254 e. The Bertz CT molecular complexity index is 771. The molecule has 1 aliphatic rings. The fourth-order valence-corrected chi connectivity index (χ4v) is 3.07. The number of hydrogen-bond acceptors (Lipinski definition) is 5. The third-order valence-electron chi connectivity index (χ3n) is 4.75. The highest BCUT2D eigenvalue weighted by atomic mass is 16.5. The van der Waals surface area contributed by atoms with E-state index in [0.717, 1.165) is 31.6 Å². The Hall–Kier alpha value is -2.76. The summed E-state index contributed by atoms with van der Waals surface area (Å²) >= 11 is 0. The molecule has 0 unspecified atom stereocenters. The van der Waals surface area contributed by atoms with Crippen LogP contribution in [0, 0.1) is 5.92 Å². The van der Waals surface area contributed by atoms with Crippen LogP contribution in [0.25, 0.3) is 0 Å². The normalized spacial score (nSPS) is 14.8. The molecule has 2 heterocycles. The van der Waals surface area contributed by atoms with E-state index in [1.165, 1.54) is 0 Å². The van der Waals surface area contributed by atoms with Gasteiger partial charge in [-0.05, 0) is 43.0 Å². The van der Waals surface area contributed by atoms with Gasteiger partial charge in [-0.2, -0.15) is 0 Å². The average molecular weight is 355 g/mol. The molecule has 26 heavy (non-hydrogen) atoms. The first-order valence-corrected chi connectivity index (χ1v) is 8.85. The van der Waals surface area contributed by atoms with E-state index < -0.39 is 0 Å². The third-order valence-corrected chi connectivity index (χ3v) is 4.75. The summed E-state index contributed by atoms with van der Waals surface area (Å²) in [6.45, 7) is 3.87. The summed E-state index contributed by atoms with van der Waals surface area (Å²) in [6, 6.07) is 9.04. The van der Waals surface area contributed by atoms with E-state index in [0.29, 0.717) is 28.8 Å². The molecule has 1 N–H and O–H groups in total. The van der Waals surface area contributed by atoms with Gasteiger partial charge in [0, 0.05) is 30.9 Å². The van der Waals surface area contributed by atoms with Crippen molar-refractivity contribution in [3.8, 4) is 11.5 Å². The molecule has 0 saturated carbocycles. The van der Waals surface area contributed by atoms with Gasteiger partial charge in [0.15, 0.2) is 0 Å². The van der Waals surface area contributed by atoms with E-state index in [9.17, 15) is 4.79 Å². The van der Waals surface area contributed by atoms with Crippen molar-refractivity contribution < 1.29 is 14.3 Å². The van der Waals surface area contributed by atoms with Crippen molar-refractivity contribution in [1.29, 1.82) is 0 Å². The predicted octanol–water partition coefficient (Wildman–Crippen LogP) is 3.71. The first-order chi connectivity index (χ1) is 12.6. The second-order valence-electron chi connectivity index (χ2n) is 6.60. The summed E-state index contributed by atoms with van der Waals surface area (Å²) in [5.41, 5.74) is 1.40. The maximum Gasteiger partial charge on any atom is 0.254 e. The zero-order valence-corrected chi connectivity index (χ0v) is 15.5. The number of ether oxygens (including phenoxy) is 2. The number of hydrogen-bond donors (Lipinski definition) is 1. The molecule has 6 heteroatoms. The molecule has 1 saturated heterocycles. The van der Waals surface area contributed by atoms with Crippen molar-refractivity contribution >= 4 is 17.4 Å². The van der Waals surface area contributed by atoms with Crippen LogP contribution in [-0.2, 0) is 0 Å². The molecule has 0 aliphatic carbocycles. The first-order valence-electron chi connectivity index (χ1n) is 8.85. The number of piperidine rings is 1. The summed E-state index contributed by atoms with van der Waals surface area (Å²) in [4.78, 5) is 19.0. The highest BCUT2D eigenvalue weighted by Crippen LogP contribution is 2.31. The monoisotopic (exact) mass is 355 g/mol. The molecule has 1 aromatic carbocycles. The predicted molar refractivity (Wildman–Crippen MR) is 101 cm³/mol. The minimum absolute atomic E-state index is 0.0593. The minimum Gasteiger partial charge on any atom is -0.497 e. The van der Waals surface area contributed by atoms with E-state index in [1.54, 1.807) is 38.6 Å². The molecule has 0 spiro atoms. The summed E-state index contributed by atoms with van der Waals surface area (Å²) < 4.78 is 10.6. The van der Waals surface area contributed by atoms with Crippen molar-refractivity contribution in [2.75, 3.05) is 32.6 Å². The number of likely N-dealkylation sites (tertiary alicyclic amines) is 1. The number of methoxy groups -OCH3 is 2. The number of aromatic nitrogens is 1. The van der Waals surface area contributed by atoms with Gasteiger partial charge in [0.05, 0.1) is 19.9 Å². The van der Waals surface area contributed by atoms with Crippen LogP contribution >= 0.6 is 0 Å². The van der Waals surface area contributed by atoms with Gasteiger partial charge < -0.3 is 19.7 Å². The Kier molecular flexibility index (Phi) is 5.61. The van der Waals surface area contributed by atoms with Crippen molar-refractivity contribution in [3.05, 3.63) is 42.1 Å². The fraction of sp³-hybridized carbons (Fsp3) is 0.400. The van der Waals surface area contributed by atoms with Crippen LogP contribution in [0.1, 0.15) is 30.1 Å². The van der Waals surface area contributed by atoms with Crippen LogP contribution in [0.2, 0.25) is 0 Å². The van der Waals surface area contributed by atoms with Crippen molar-refractivity contribution in [1.82, 2.24) is 9.88 Å². The number of carbonyl (C=O) groups excluding carboxylic acids is 1. The van der Waals surface area contributed by atoms with Gasteiger partial charge in [-0.15, -0.1) is 0 Å². The molecule has 2 aromatic rings. The number of nitrogens with zero attached hydrogens (tertiary/aromatic N) is 2. The van der Waals surface area contributed by atoms with E-state index >= 15 is 0 Å². The number of pyridine rings is 1. The summed E-state index contributed by atoms with van der Waals surface area (Å²) in [6.07, 6.45) is 3.77. The number of benzene rings is 1. The van der Waals surface area contributed by atoms with Crippen molar-refractivity contribution in [2.24, 2.45) is 5.92 Å². The summed E-state index contributed by atoms with van der Waals surface area (Å²) in [7, 11) is 3.21. The lowest BCUT2D eigenvalue weighted by molar-refractivity contribution is 0.0697. The second-order valence-corrected chi connectivity index (χ2v) is 6.60. The van der Waals surface area contributed by atoms with Gasteiger partial charge in [-0.25, -0.2) is 4.98 Å². The first kappa shape index (κ1) is 18.0. The van der Waals surface area contributed by atoms with Crippen molar-refractivity contribution in [3.63, 3.8) is 0 Å².